The quantitative estimate of drug-likeness (QED) is 0.0544. The Hall–Kier alpha value is -0.350. The first kappa shape index (κ1) is 45.8. The lowest BCUT2D eigenvalue weighted by Crippen LogP contribution is -3.00. The van der Waals surface area contributed by atoms with Crippen molar-refractivity contribution in [2.75, 3.05) is 33.4 Å². The van der Waals surface area contributed by atoms with Gasteiger partial charge in [0.25, 0.3) is 0 Å². The van der Waals surface area contributed by atoms with Crippen LogP contribution in [0.25, 0.3) is 0 Å². The molecule has 0 bridgehead atoms. The number of quaternary nitrogens is 1. The molecule has 0 aromatic rings. The summed E-state index contributed by atoms with van der Waals surface area (Å²) in [5, 5.41) is 2.22. The minimum absolute atomic E-state index is 0. The number of hydrogen-bond acceptors (Lipinski definition) is 2. The van der Waals surface area contributed by atoms with E-state index in [1.54, 1.807) is 0 Å². The Bertz CT molecular complexity index is 553. The summed E-state index contributed by atoms with van der Waals surface area (Å²) >= 11 is 0. The largest absolute Gasteiger partial charge is 1.00 e. The monoisotopic (exact) mass is 642 g/mol. The van der Waals surface area contributed by atoms with Crippen LogP contribution in [0.3, 0.4) is 0 Å². The molecule has 0 saturated heterocycles. The van der Waals surface area contributed by atoms with Crippen LogP contribution in [0.1, 0.15) is 194 Å². The molecule has 0 aliphatic heterocycles. The molecule has 0 heterocycles. The van der Waals surface area contributed by atoms with Gasteiger partial charge < -0.3 is 27.2 Å². The first-order chi connectivity index (χ1) is 21.3. The first-order valence-corrected chi connectivity index (χ1v) is 19.6. The summed E-state index contributed by atoms with van der Waals surface area (Å²) in [5.41, 5.74) is 0. The van der Waals surface area contributed by atoms with Crippen LogP contribution >= 0.6 is 0 Å². The summed E-state index contributed by atoms with van der Waals surface area (Å²) in [6.07, 6.45) is 47.7. The summed E-state index contributed by atoms with van der Waals surface area (Å²) in [6.45, 7) is 8.10. The van der Waals surface area contributed by atoms with Crippen molar-refractivity contribution < 1.29 is 27.2 Å². The van der Waals surface area contributed by atoms with Gasteiger partial charge in [-0.05, 0) is 64.2 Å². The van der Waals surface area contributed by atoms with E-state index in [-0.39, 0.29) is 18.5 Å². The topological polar surface area (TPSA) is 35.1 Å². The zero-order chi connectivity index (χ0) is 31.2. The predicted molar refractivity (Wildman–Crippen MR) is 192 cm³/mol. The van der Waals surface area contributed by atoms with Crippen molar-refractivity contribution in [3.63, 3.8) is 0 Å². The van der Waals surface area contributed by atoms with E-state index in [1.807, 2.05) is 0 Å². The molecule has 0 radical (unpaired) electrons. The summed E-state index contributed by atoms with van der Waals surface area (Å²) in [7, 11) is 2.13. The lowest BCUT2D eigenvalue weighted by molar-refractivity contribution is -0.634. The van der Waals surface area contributed by atoms with Gasteiger partial charge in [0.2, 0.25) is 0 Å². The predicted octanol–water partition coefficient (Wildman–Crippen LogP) is 8.66. The van der Waals surface area contributed by atoms with E-state index in [9.17, 15) is 0 Å². The molecule has 2 N–H and O–H groups in total. The van der Waals surface area contributed by atoms with Gasteiger partial charge in [-0.25, -0.2) is 0 Å². The highest BCUT2D eigenvalue weighted by Gasteiger charge is 2.10. The average Bonchev–Trinajstić information content (AvgIpc) is 3.01. The molecule has 0 saturated carbocycles. The number of rotatable bonds is 37. The standard InChI is InChI=1S/C40H79NO2.ClH/c1-4-6-8-10-12-14-16-18-20-22-24-26-28-30-32-34-36-42-39-40(38-41-3)43-37-35-33-31-29-27-25-23-21-19-17-15-13-11-9-7-5-2;/h18-21,40-41H,4-17,22-39H2,1-3H3;1H. The molecule has 1 atom stereocenters. The van der Waals surface area contributed by atoms with Gasteiger partial charge in [0.15, 0.2) is 0 Å². The fourth-order valence-electron chi connectivity index (χ4n) is 5.71. The second kappa shape index (κ2) is 42.6. The smallest absolute Gasteiger partial charge is 0.129 e. The van der Waals surface area contributed by atoms with Crippen molar-refractivity contribution in [2.24, 2.45) is 0 Å². The van der Waals surface area contributed by atoms with Crippen LogP contribution in [0.15, 0.2) is 24.3 Å². The van der Waals surface area contributed by atoms with Gasteiger partial charge in [-0.1, -0.05) is 154 Å². The highest BCUT2D eigenvalue weighted by molar-refractivity contribution is 4.82. The molecule has 1 unspecified atom stereocenters. The molecule has 264 valence electrons. The SMILES string of the molecule is CCCCCCCCC=CCCCCCCCCOCC(C[NH2+]C)OCCCCCCCCC=CCCCCCCCC.[Cl-]. The third kappa shape index (κ3) is 39.7. The van der Waals surface area contributed by atoms with Gasteiger partial charge in [-0.3, -0.25) is 0 Å². The number of likely N-dealkylation sites (N-methyl/N-ethyl adjacent to an activating group) is 1. The molecule has 0 aliphatic rings. The molecule has 3 nitrogen and oxygen atoms in total. The van der Waals surface area contributed by atoms with E-state index in [0.29, 0.717) is 0 Å². The van der Waals surface area contributed by atoms with E-state index in [4.69, 9.17) is 9.47 Å². The minimum Gasteiger partial charge on any atom is -1.00 e. The van der Waals surface area contributed by atoms with Gasteiger partial charge in [0.1, 0.15) is 12.6 Å². The van der Waals surface area contributed by atoms with E-state index in [2.05, 4.69) is 50.5 Å². The highest BCUT2D eigenvalue weighted by Crippen LogP contribution is 2.12. The molecule has 0 amide bonds. The van der Waals surface area contributed by atoms with Crippen molar-refractivity contribution in [3.8, 4) is 0 Å². The van der Waals surface area contributed by atoms with Crippen LogP contribution in [-0.2, 0) is 9.47 Å². The molecular formula is C40H80ClNO2. The summed E-state index contributed by atoms with van der Waals surface area (Å²) in [5.74, 6) is 0. The zero-order valence-electron chi connectivity index (χ0n) is 30.3. The van der Waals surface area contributed by atoms with Crippen molar-refractivity contribution in [2.45, 2.75) is 200 Å². The molecule has 0 spiro atoms. The summed E-state index contributed by atoms with van der Waals surface area (Å²) < 4.78 is 12.2. The Balaban J connectivity index is 0. The van der Waals surface area contributed by atoms with Crippen molar-refractivity contribution in [1.29, 1.82) is 0 Å². The maximum atomic E-state index is 6.16. The van der Waals surface area contributed by atoms with Crippen molar-refractivity contribution >= 4 is 0 Å². The zero-order valence-corrected chi connectivity index (χ0v) is 31.0. The van der Waals surface area contributed by atoms with Gasteiger partial charge >= 0.3 is 0 Å². The van der Waals surface area contributed by atoms with E-state index in [1.165, 1.54) is 180 Å². The highest BCUT2D eigenvalue weighted by atomic mass is 35.5. The number of nitrogens with two attached hydrogens (primary N) is 1. The number of allylic oxidation sites excluding steroid dienone is 4. The van der Waals surface area contributed by atoms with Gasteiger partial charge in [0.05, 0.1) is 13.7 Å². The minimum atomic E-state index is 0. The average molecular weight is 643 g/mol. The molecule has 0 rings (SSSR count). The van der Waals surface area contributed by atoms with Gasteiger partial charge in [-0.15, -0.1) is 0 Å². The Labute approximate surface area is 284 Å². The van der Waals surface area contributed by atoms with Crippen LogP contribution < -0.4 is 17.7 Å². The number of halogens is 1. The normalized spacial score (nSPS) is 12.4. The molecule has 44 heavy (non-hydrogen) atoms. The maximum Gasteiger partial charge on any atom is 0.129 e. The summed E-state index contributed by atoms with van der Waals surface area (Å²) in [6, 6.07) is 0. The second-order valence-corrected chi connectivity index (χ2v) is 13.1. The Morgan fingerprint density at radius 2 is 0.795 bits per heavy atom. The van der Waals surface area contributed by atoms with Gasteiger partial charge in [-0.2, -0.15) is 0 Å². The second-order valence-electron chi connectivity index (χ2n) is 13.1. The Morgan fingerprint density at radius 3 is 1.18 bits per heavy atom. The molecule has 4 heteroatoms. The van der Waals surface area contributed by atoms with Crippen LogP contribution in [0, 0.1) is 0 Å². The van der Waals surface area contributed by atoms with Crippen LogP contribution in [-0.4, -0.2) is 39.5 Å². The van der Waals surface area contributed by atoms with Crippen LogP contribution in [0.2, 0.25) is 0 Å². The third-order valence-electron chi connectivity index (χ3n) is 8.61. The van der Waals surface area contributed by atoms with E-state index in [0.717, 1.165) is 26.4 Å². The Morgan fingerprint density at radius 1 is 0.455 bits per heavy atom. The van der Waals surface area contributed by atoms with Gasteiger partial charge in [0, 0.05) is 13.2 Å². The fraction of sp³-hybridized carbons (Fsp3) is 0.900. The first-order valence-electron chi connectivity index (χ1n) is 19.6. The third-order valence-corrected chi connectivity index (χ3v) is 8.61. The number of hydrogen-bond donors (Lipinski definition) is 1. The van der Waals surface area contributed by atoms with Crippen LogP contribution in [0.4, 0.5) is 0 Å². The molecule has 0 aromatic heterocycles. The number of ether oxygens (including phenoxy) is 2. The fourth-order valence-corrected chi connectivity index (χ4v) is 5.71. The number of unbranched alkanes of at least 4 members (excludes halogenated alkanes) is 24. The molecule has 0 aliphatic carbocycles. The van der Waals surface area contributed by atoms with E-state index >= 15 is 0 Å². The van der Waals surface area contributed by atoms with Crippen molar-refractivity contribution in [1.82, 2.24) is 0 Å². The molecule has 0 fully saturated rings. The summed E-state index contributed by atoms with van der Waals surface area (Å²) in [4.78, 5) is 0. The Kier molecular flexibility index (Phi) is 44.4. The van der Waals surface area contributed by atoms with Crippen molar-refractivity contribution in [3.05, 3.63) is 24.3 Å². The van der Waals surface area contributed by atoms with E-state index < -0.39 is 0 Å². The lowest BCUT2D eigenvalue weighted by Gasteiger charge is -2.16. The molecule has 0 aromatic carbocycles. The van der Waals surface area contributed by atoms with Crippen LogP contribution in [0.5, 0.6) is 0 Å². The maximum absolute atomic E-state index is 6.16. The lowest BCUT2D eigenvalue weighted by atomic mass is 10.1. The molecular weight excluding hydrogens is 562 g/mol.